The zero-order chi connectivity index (χ0) is 15.4. The van der Waals surface area contributed by atoms with E-state index in [1.54, 1.807) is 23.7 Å². The molecule has 1 amide bonds. The fourth-order valence-corrected chi connectivity index (χ4v) is 4.15. The number of thioether (sulfide) groups is 2. The molecular weight excluding hydrogens is 324 g/mol. The summed E-state index contributed by atoms with van der Waals surface area (Å²) in [6.07, 6.45) is 5.84. The third-order valence-corrected chi connectivity index (χ3v) is 5.73. The van der Waals surface area contributed by atoms with E-state index in [9.17, 15) is 4.79 Å². The second kappa shape index (κ2) is 7.33. The molecule has 0 atom stereocenters. The van der Waals surface area contributed by atoms with Crippen LogP contribution in [0.25, 0.3) is 0 Å². The number of amides is 1. The largest absolute Gasteiger partial charge is 0.336 e. The predicted octanol–water partition coefficient (Wildman–Crippen LogP) is 3.08. The van der Waals surface area contributed by atoms with Gasteiger partial charge in [-0.1, -0.05) is 0 Å². The molecule has 0 aliphatic rings. The van der Waals surface area contributed by atoms with E-state index >= 15 is 0 Å². The van der Waals surface area contributed by atoms with Crippen LogP contribution < -0.4 is 0 Å². The summed E-state index contributed by atoms with van der Waals surface area (Å²) in [6.45, 7) is 3.38. The molecule has 0 unspecified atom stereocenters. The molecule has 0 N–H and O–H groups in total. The SMILES string of the molecule is CCn1ccc(CN(C)C(=O)c2c(SC)nsc2SC)n1. The first-order valence-corrected chi connectivity index (χ1v) is 9.68. The van der Waals surface area contributed by atoms with E-state index in [1.165, 1.54) is 23.3 Å². The summed E-state index contributed by atoms with van der Waals surface area (Å²) in [5, 5.41) is 5.22. The van der Waals surface area contributed by atoms with Gasteiger partial charge in [-0.2, -0.15) is 9.47 Å². The van der Waals surface area contributed by atoms with Crippen LogP contribution in [-0.4, -0.2) is 44.5 Å². The van der Waals surface area contributed by atoms with Gasteiger partial charge in [0, 0.05) is 19.8 Å². The summed E-state index contributed by atoms with van der Waals surface area (Å²) in [7, 11) is 1.80. The van der Waals surface area contributed by atoms with Gasteiger partial charge in [-0.05, 0) is 37.0 Å². The van der Waals surface area contributed by atoms with Crippen LogP contribution in [0.4, 0.5) is 0 Å². The lowest BCUT2D eigenvalue weighted by molar-refractivity contribution is 0.0776. The van der Waals surface area contributed by atoms with Crippen LogP contribution in [0, 0.1) is 0 Å². The van der Waals surface area contributed by atoms with Crippen LogP contribution in [0.2, 0.25) is 0 Å². The lowest BCUT2D eigenvalue weighted by Crippen LogP contribution is -2.27. The Balaban J connectivity index is 2.17. The summed E-state index contributed by atoms with van der Waals surface area (Å²) < 4.78 is 7.18. The summed E-state index contributed by atoms with van der Waals surface area (Å²) in [6, 6.07) is 1.95. The van der Waals surface area contributed by atoms with E-state index in [4.69, 9.17) is 0 Å². The van der Waals surface area contributed by atoms with Gasteiger partial charge in [0.2, 0.25) is 0 Å². The minimum absolute atomic E-state index is 0.00324. The number of hydrogen-bond acceptors (Lipinski definition) is 6. The van der Waals surface area contributed by atoms with E-state index in [0.29, 0.717) is 6.54 Å². The molecule has 0 saturated carbocycles. The van der Waals surface area contributed by atoms with E-state index < -0.39 is 0 Å². The van der Waals surface area contributed by atoms with Crippen LogP contribution in [0.3, 0.4) is 0 Å². The Morgan fingerprint density at radius 1 is 1.43 bits per heavy atom. The van der Waals surface area contributed by atoms with Gasteiger partial charge in [0.25, 0.3) is 5.91 Å². The minimum atomic E-state index is 0.00324. The molecule has 0 bridgehead atoms. The Morgan fingerprint density at radius 2 is 2.19 bits per heavy atom. The normalized spacial score (nSPS) is 10.9. The topological polar surface area (TPSA) is 51.0 Å². The maximum atomic E-state index is 12.7. The quantitative estimate of drug-likeness (QED) is 0.755. The van der Waals surface area contributed by atoms with Crippen LogP contribution >= 0.6 is 35.1 Å². The van der Waals surface area contributed by atoms with Crippen molar-refractivity contribution in [1.82, 2.24) is 19.1 Å². The lowest BCUT2D eigenvalue weighted by Gasteiger charge is -2.16. The molecule has 5 nitrogen and oxygen atoms in total. The maximum absolute atomic E-state index is 12.7. The van der Waals surface area contributed by atoms with Crippen molar-refractivity contribution in [3.8, 4) is 0 Å². The first kappa shape index (κ1) is 16.4. The molecule has 2 heterocycles. The van der Waals surface area contributed by atoms with Gasteiger partial charge in [-0.25, -0.2) is 0 Å². The molecule has 0 aliphatic heterocycles. The van der Waals surface area contributed by atoms with Crippen LogP contribution in [0.5, 0.6) is 0 Å². The van der Waals surface area contributed by atoms with Gasteiger partial charge >= 0.3 is 0 Å². The molecule has 2 rings (SSSR count). The highest BCUT2D eigenvalue weighted by Gasteiger charge is 2.23. The molecule has 0 spiro atoms. The Hall–Kier alpha value is -0.990. The van der Waals surface area contributed by atoms with Crippen molar-refractivity contribution in [2.24, 2.45) is 0 Å². The van der Waals surface area contributed by atoms with Gasteiger partial charge in [0.05, 0.1) is 22.0 Å². The van der Waals surface area contributed by atoms with Crippen molar-refractivity contribution >= 4 is 41.0 Å². The van der Waals surface area contributed by atoms with E-state index in [1.807, 2.05) is 36.4 Å². The Kier molecular flexibility index (Phi) is 5.72. The van der Waals surface area contributed by atoms with Gasteiger partial charge < -0.3 is 4.90 Å². The monoisotopic (exact) mass is 342 g/mol. The number of nitrogens with zero attached hydrogens (tertiary/aromatic N) is 4. The third-order valence-electron chi connectivity index (χ3n) is 2.99. The van der Waals surface area contributed by atoms with Crippen LogP contribution in [-0.2, 0) is 13.1 Å². The highest BCUT2D eigenvalue weighted by Crippen LogP contribution is 2.33. The molecule has 8 heteroatoms. The molecular formula is C13H18N4OS3. The fourth-order valence-electron chi connectivity index (χ4n) is 1.89. The second-order valence-electron chi connectivity index (χ2n) is 4.38. The van der Waals surface area contributed by atoms with Crippen molar-refractivity contribution in [2.45, 2.75) is 29.2 Å². The Morgan fingerprint density at radius 3 is 2.76 bits per heavy atom. The molecule has 0 radical (unpaired) electrons. The molecule has 2 aromatic heterocycles. The van der Waals surface area contributed by atoms with E-state index in [0.717, 1.165) is 27.0 Å². The van der Waals surface area contributed by atoms with Crippen LogP contribution in [0.1, 0.15) is 23.0 Å². The van der Waals surface area contributed by atoms with Gasteiger partial charge in [0.15, 0.2) is 0 Å². The number of aromatic nitrogens is 3. The summed E-state index contributed by atoms with van der Waals surface area (Å²) in [5.41, 5.74) is 1.62. The zero-order valence-electron chi connectivity index (χ0n) is 12.5. The van der Waals surface area contributed by atoms with Crippen molar-refractivity contribution < 1.29 is 4.79 Å². The maximum Gasteiger partial charge on any atom is 0.258 e. The zero-order valence-corrected chi connectivity index (χ0v) is 14.9. The Labute approximate surface area is 137 Å². The predicted molar refractivity (Wildman–Crippen MR) is 89.4 cm³/mol. The fraction of sp³-hybridized carbons (Fsp3) is 0.462. The number of carbonyl (C=O) groups is 1. The number of rotatable bonds is 6. The van der Waals surface area contributed by atoms with Gasteiger partial charge in [0.1, 0.15) is 5.03 Å². The molecule has 0 aromatic carbocycles. The molecule has 114 valence electrons. The summed E-state index contributed by atoms with van der Waals surface area (Å²) >= 11 is 4.46. The van der Waals surface area contributed by atoms with Gasteiger partial charge in [-0.15, -0.1) is 23.5 Å². The highest BCUT2D eigenvalue weighted by atomic mass is 32.2. The molecule has 21 heavy (non-hydrogen) atoms. The average Bonchev–Trinajstić information content (AvgIpc) is 3.11. The Bertz CT molecular complexity index is 601. The second-order valence-corrected chi connectivity index (χ2v) is 7.03. The third kappa shape index (κ3) is 3.61. The van der Waals surface area contributed by atoms with Crippen molar-refractivity contribution in [3.63, 3.8) is 0 Å². The van der Waals surface area contributed by atoms with Crippen molar-refractivity contribution in [3.05, 3.63) is 23.5 Å². The number of hydrogen-bond donors (Lipinski definition) is 0. The molecule has 2 aromatic rings. The standard InChI is InChI=1S/C13H18N4OS3/c1-5-17-7-6-9(14-17)8-16(2)12(18)10-11(19-3)15-21-13(10)20-4/h6-7H,5,8H2,1-4H3. The summed E-state index contributed by atoms with van der Waals surface area (Å²) in [4.78, 5) is 14.4. The van der Waals surface area contributed by atoms with E-state index in [2.05, 4.69) is 9.47 Å². The lowest BCUT2D eigenvalue weighted by atomic mass is 10.3. The minimum Gasteiger partial charge on any atom is -0.336 e. The highest BCUT2D eigenvalue weighted by molar-refractivity contribution is 8.01. The number of aryl methyl sites for hydroxylation is 1. The first-order valence-electron chi connectivity index (χ1n) is 6.46. The van der Waals surface area contributed by atoms with Crippen molar-refractivity contribution in [1.29, 1.82) is 0 Å². The molecule has 0 saturated heterocycles. The smallest absolute Gasteiger partial charge is 0.258 e. The molecule has 0 aliphatic carbocycles. The number of carbonyl (C=O) groups excluding carboxylic acids is 1. The van der Waals surface area contributed by atoms with Crippen LogP contribution in [0.15, 0.2) is 21.5 Å². The summed E-state index contributed by atoms with van der Waals surface area (Å²) in [5.74, 6) is 0.00324. The van der Waals surface area contributed by atoms with E-state index in [-0.39, 0.29) is 5.91 Å². The molecule has 0 fully saturated rings. The average molecular weight is 343 g/mol. The first-order chi connectivity index (χ1) is 10.1. The van der Waals surface area contributed by atoms with Crippen molar-refractivity contribution in [2.75, 3.05) is 19.6 Å². The van der Waals surface area contributed by atoms with Gasteiger partial charge in [-0.3, -0.25) is 9.48 Å².